The van der Waals surface area contributed by atoms with Crippen LogP contribution in [0.5, 0.6) is 0 Å². The van der Waals surface area contributed by atoms with Gasteiger partial charge >= 0.3 is 0 Å². The first kappa shape index (κ1) is 15.2. The second kappa shape index (κ2) is 6.29. The van der Waals surface area contributed by atoms with Gasteiger partial charge in [-0.2, -0.15) is 0 Å². The van der Waals surface area contributed by atoms with E-state index in [-0.39, 0.29) is 0 Å². The molecule has 4 heteroatoms. The van der Waals surface area contributed by atoms with Crippen molar-refractivity contribution in [2.45, 2.75) is 44.7 Å². The summed E-state index contributed by atoms with van der Waals surface area (Å²) < 4.78 is 0. The molecule has 122 valence electrons. The van der Waals surface area contributed by atoms with Gasteiger partial charge in [-0.1, -0.05) is 11.6 Å². The van der Waals surface area contributed by atoms with Gasteiger partial charge in [0.2, 0.25) is 0 Å². The number of aromatic nitrogens is 1. The Hall–Kier alpha value is -1.32. The van der Waals surface area contributed by atoms with Gasteiger partial charge in [0.05, 0.1) is 5.52 Å². The molecule has 0 bridgehead atoms. The number of rotatable bonds is 2. The van der Waals surface area contributed by atoms with E-state index in [0.717, 1.165) is 35.7 Å². The van der Waals surface area contributed by atoms with Crippen LogP contribution in [0.2, 0.25) is 5.02 Å². The number of hydrogen-bond acceptors (Lipinski definition) is 3. The van der Waals surface area contributed by atoms with Gasteiger partial charge in [0.1, 0.15) is 0 Å². The Bertz CT molecular complexity index is 694. The number of anilines is 1. The lowest BCUT2D eigenvalue weighted by atomic mass is 10.0. The molecule has 0 N–H and O–H groups in total. The second-order valence-electron chi connectivity index (χ2n) is 6.94. The monoisotopic (exact) mass is 329 g/mol. The molecular weight excluding hydrogens is 306 g/mol. The molecule has 4 rings (SSSR count). The fraction of sp³-hybridized carbons (Fsp3) is 0.526. The number of benzene rings is 1. The van der Waals surface area contributed by atoms with Crippen molar-refractivity contribution in [1.29, 1.82) is 0 Å². The molecule has 1 unspecified atom stereocenters. The predicted octanol–water partition coefficient (Wildman–Crippen LogP) is 4.34. The highest BCUT2D eigenvalue weighted by Crippen LogP contribution is 2.31. The summed E-state index contributed by atoms with van der Waals surface area (Å²) >= 11 is 6.10. The minimum absolute atomic E-state index is 0.754. The molecule has 1 atom stereocenters. The molecule has 2 aromatic rings. The van der Waals surface area contributed by atoms with E-state index in [4.69, 9.17) is 11.6 Å². The van der Waals surface area contributed by atoms with Gasteiger partial charge in [-0.25, -0.2) is 0 Å². The van der Waals surface area contributed by atoms with Crippen molar-refractivity contribution in [3.8, 4) is 0 Å². The van der Waals surface area contributed by atoms with E-state index in [0.29, 0.717) is 0 Å². The second-order valence-corrected chi connectivity index (χ2v) is 7.38. The van der Waals surface area contributed by atoms with E-state index in [1.165, 1.54) is 43.3 Å². The maximum absolute atomic E-state index is 6.10. The molecule has 2 fully saturated rings. The van der Waals surface area contributed by atoms with Crippen LogP contribution in [-0.2, 0) is 0 Å². The summed E-state index contributed by atoms with van der Waals surface area (Å²) in [5, 5.41) is 1.97. The zero-order chi connectivity index (χ0) is 15.8. The quantitative estimate of drug-likeness (QED) is 0.817. The van der Waals surface area contributed by atoms with Crippen molar-refractivity contribution in [3.05, 3.63) is 35.5 Å². The lowest BCUT2D eigenvalue weighted by Gasteiger charge is -2.39. The minimum atomic E-state index is 0.754. The van der Waals surface area contributed by atoms with E-state index in [9.17, 15) is 0 Å². The third kappa shape index (κ3) is 2.92. The molecule has 0 spiro atoms. The van der Waals surface area contributed by atoms with Gasteiger partial charge in [-0.3, -0.25) is 9.88 Å². The number of nitrogens with zero attached hydrogens (tertiary/aromatic N) is 3. The van der Waals surface area contributed by atoms with E-state index >= 15 is 0 Å². The predicted molar refractivity (Wildman–Crippen MR) is 97.4 cm³/mol. The number of fused-ring (bicyclic) bond motifs is 1. The molecule has 0 saturated carbocycles. The zero-order valence-corrected chi connectivity index (χ0v) is 14.5. The lowest BCUT2D eigenvalue weighted by molar-refractivity contribution is 0.163. The van der Waals surface area contributed by atoms with Crippen LogP contribution >= 0.6 is 11.6 Å². The third-order valence-corrected chi connectivity index (χ3v) is 5.80. The van der Waals surface area contributed by atoms with Crippen molar-refractivity contribution < 1.29 is 0 Å². The molecule has 0 radical (unpaired) electrons. The molecule has 1 aromatic heterocycles. The highest BCUT2D eigenvalue weighted by molar-refractivity contribution is 6.31. The summed E-state index contributed by atoms with van der Waals surface area (Å²) in [7, 11) is 0. The molecule has 2 aliphatic rings. The standard InChI is InChI=1S/C19H24ClN3/c1-14-3-2-10-23(14)16-7-11-22(12-8-16)19-6-9-21-18-13-15(20)4-5-17(18)19/h4-6,9,13-14,16H,2-3,7-8,10-12H2,1H3. The van der Waals surface area contributed by atoms with Crippen LogP contribution < -0.4 is 4.90 Å². The zero-order valence-electron chi connectivity index (χ0n) is 13.7. The van der Waals surface area contributed by atoms with Crippen LogP contribution in [0.4, 0.5) is 5.69 Å². The maximum Gasteiger partial charge on any atom is 0.0737 e. The average Bonchev–Trinajstić information content (AvgIpc) is 3.00. The van der Waals surface area contributed by atoms with Crippen LogP contribution in [0.25, 0.3) is 10.9 Å². The Morgan fingerprint density at radius 3 is 2.65 bits per heavy atom. The Morgan fingerprint density at radius 1 is 1.09 bits per heavy atom. The molecule has 0 aliphatic carbocycles. The number of piperidine rings is 1. The summed E-state index contributed by atoms with van der Waals surface area (Å²) in [5.41, 5.74) is 2.30. The molecule has 1 aromatic carbocycles. The molecular formula is C19H24ClN3. The third-order valence-electron chi connectivity index (χ3n) is 5.56. The van der Waals surface area contributed by atoms with Gasteiger partial charge < -0.3 is 4.90 Å². The van der Waals surface area contributed by atoms with Crippen molar-refractivity contribution in [3.63, 3.8) is 0 Å². The molecule has 3 heterocycles. The number of pyridine rings is 1. The fourth-order valence-corrected chi connectivity index (χ4v) is 4.48. The summed E-state index contributed by atoms with van der Waals surface area (Å²) in [6.07, 6.45) is 7.18. The van der Waals surface area contributed by atoms with E-state index in [2.05, 4.69) is 33.8 Å². The van der Waals surface area contributed by atoms with Crippen molar-refractivity contribution >= 4 is 28.2 Å². The Kier molecular flexibility index (Phi) is 4.16. The van der Waals surface area contributed by atoms with Crippen molar-refractivity contribution in [2.24, 2.45) is 0 Å². The summed E-state index contributed by atoms with van der Waals surface area (Å²) in [5.74, 6) is 0. The van der Waals surface area contributed by atoms with Gasteiger partial charge in [0.25, 0.3) is 0 Å². The fourth-order valence-electron chi connectivity index (χ4n) is 4.32. The number of halogens is 1. The molecule has 23 heavy (non-hydrogen) atoms. The number of likely N-dealkylation sites (tertiary alicyclic amines) is 1. The van der Waals surface area contributed by atoms with Crippen LogP contribution in [0, 0.1) is 0 Å². The summed E-state index contributed by atoms with van der Waals surface area (Å²) in [6, 6.07) is 9.72. The van der Waals surface area contributed by atoms with Crippen molar-refractivity contribution in [1.82, 2.24) is 9.88 Å². The smallest absolute Gasteiger partial charge is 0.0737 e. The first-order valence-corrected chi connectivity index (χ1v) is 9.15. The van der Waals surface area contributed by atoms with E-state index < -0.39 is 0 Å². The molecule has 0 amide bonds. The summed E-state index contributed by atoms with van der Waals surface area (Å²) in [4.78, 5) is 9.73. The average molecular weight is 330 g/mol. The SMILES string of the molecule is CC1CCCN1C1CCN(c2ccnc3cc(Cl)ccc23)CC1. The van der Waals surface area contributed by atoms with Gasteiger partial charge in [-0.15, -0.1) is 0 Å². The topological polar surface area (TPSA) is 19.4 Å². The highest BCUT2D eigenvalue weighted by Gasteiger charge is 2.30. The Labute approximate surface area is 143 Å². The summed E-state index contributed by atoms with van der Waals surface area (Å²) in [6.45, 7) is 5.95. The number of hydrogen-bond donors (Lipinski definition) is 0. The van der Waals surface area contributed by atoms with Crippen LogP contribution in [0.3, 0.4) is 0 Å². The van der Waals surface area contributed by atoms with Crippen molar-refractivity contribution in [2.75, 3.05) is 24.5 Å². The first-order chi connectivity index (χ1) is 11.2. The van der Waals surface area contributed by atoms with Gasteiger partial charge in [0, 0.05) is 47.5 Å². The lowest BCUT2D eigenvalue weighted by Crippen LogP contribution is -2.46. The highest BCUT2D eigenvalue weighted by atomic mass is 35.5. The van der Waals surface area contributed by atoms with E-state index in [1.807, 2.05) is 18.3 Å². The molecule has 2 aliphatic heterocycles. The van der Waals surface area contributed by atoms with Gasteiger partial charge in [-0.05, 0) is 63.4 Å². The Balaban J connectivity index is 1.52. The first-order valence-electron chi connectivity index (χ1n) is 8.77. The minimum Gasteiger partial charge on any atom is -0.371 e. The van der Waals surface area contributed by atoms with Crippen LogP contribution in [0.15, 0.2) is 30.5 Å². The largest absolute Gasteiger partial charge is 0.371 e. The van der Waals surface area contributed by atoms with Crippen LogP contribution in [-0.4, -0.2) is 41.6 Å². The van der Waals surface area contributed by atoms with Crippen LogP contribution in [0.1, 0.15) is 32.6 Å². The maximum atomic E-state index is 6.10. The molecule has 3 nitrogen and oxygen atoms in total. The van der Waals surface area contributed by atoms with E-state index in [1.54, 1.807) is 0 Å². The normalized spacial score (nSPS) is 23.7. The Morgan fingerprint density at radius 2 is 1.91 bits per heavy atom. The molecule has 2 saturated heterocycles. The van der Waals surface area contributed by atoms with Gasteiger partial charge in [0.15, 0.2) is 0 Å².